The number of cyclic esters (lactones) is 1. The molecule has 106 heavy (non-hydrogen) atoms. The average molecular weight is 1500 g/mol. The third-order valence-corrected chi connectivity index (χ3v) is 19.5. The minimum absolute atomic E-state index is 0.0601. The standard InChI is InChI=1S/C75H126N14O17/c1-20-43(15)58(70(100)88-62-47(19)106-75(105)57(42(13)14)83-72(102)60(45(17)90)86-64(94)50(36-48-29-23-22-24-30-48)78-66(96)54(39(7)8)80-69(99)59(44(16)21-2)85-73(62)103)84-63(93)49(31-26-34-76)77-65(95)51-32-27-35-89(51)74(104)56(41(11)12)82-68(98)55(40(9)10)81-71(101)61(46(18)91)87-67(97)53(38(5)6)79-52(92)33-25-28-37(3)4/h22-24,29-30,37-47,49-51,53-62,90-91H,20-21,25-28,31-36,76H2,1-19H3,(H,77,95)(H,78,96)(H,79,92)(H,80,99)(H,81,101)(H,82,98)(H,83,102)(H,84,93)(H,85,103)(H,86,94)(H,87,97)(H,88,100)/t43-,44-,45-,46+,47+,49-,50-,51+,53+,54+,55-,56+,57-,58+,59+,60+,61-,62+/m0/s1. The van der Waals surface area contributed by atoms with Crippen LogP contribution in [-0.2, 0) is 78.3 Å². The minimum atomic E-state index is -1.86. The van der Waals surface area contributed by atoms with E-state index in [1.54, 1.807) is 127 Å². The summed E-state index contributed by atoms with van der Waals surface area (Å²) in [4.78, 5) is 202. The number of ether oxygens (including phenoxy) is 1. The Kier molecular flexibility index (Phi) is 38.2. The average Bonchev–Trinajstić information content (AvgIpc) is 1.58. The second-order valence-electron chi connectivity index (χ2n) is 30.8. The fraction of sp³-hybridized carbons (Fsp3) is 0.733. The second-order valence-corrected chi connectivity index (χ2v) is 30.8. The monoisotopic (exact) mass is 1490 g/mol. The van der Waals surface area contributed by atoms with Crippen LogP contribution in [-0.4, -0.2) is 208 Å². The molecule has 0 aromatic heterocycles. The molecule has 18 atom stereocenters. The molecule has 0 saturated carbocycles. The lowest BCUT2D eigenvalue weighted by Gasteiger charge is -2.34. The minimum Gasteiger partial charge on any atom is -0.458 e. The Hall–Kier alpha value is -8.32. The normalized spacial score (nSPS) is 23.1. The summed E-state index contributed by atoms with van der Waals surface area (Å²) in [7, 11) is 0. The highest BCUT2D eigenvalue weighted by Gasteiger charge is 2.45. The number of amides is 13. The van der Waals surface area contributed by atoms with Crippen molar-refractivity contribution >= 4 is 82.8 Å². The topological polar surface area (TPSA) is 462 Å². The fourth-order valence-electron chi connectivity index (χ4n) is 12.3. The fourth-order valence-corrected chi connectivity index (χ4v) is 12.3. The zero-order valence-electron chi connectivity index (χ0n) is 65.8. The summed E-state index contributed by atoms with van der Waals surface area (Å²) >= 11 is 0. The molecule has 2 saturated heterocycles. The number of benzene rings is 1. The van der Waals surface area contributed by atoms with Crippen molar-refractivity contribution in [3.8, 4) is 0 Å². The molecule has 1 aromatic carbocycles. The van der Waals surface area contributed by atoms with Gasteiger partial charge in [-0.05, 0) is 112 Å². The smallest absolute Gasteiger partial charge is 0.329 e. The number of nitrogens with zero attached hydrogens (tertiary/aromatic N) is 1. The van der Waals surface area contributed by atoms with Crippen molar-refractivity contribution in [1.29, 1.82) is 0 Å². The van der Waals surface area contributed by atoms with Gasteiger partial charge in [-0.3, -0.25) is 62.3 Å². The Morgan fingerprint density at radius 3 is 1.59 bits per heavy atom. The Morgan fingerprint density at radius 2 is 1.07 bits per heavy atom. The van der Waals surface area contributed by atoms with Gasteiger partial charge in [0.15, 0.2) is 0 Å². The van der Waals surface area contributed by atoms with Gasteiger partial charge in [0.1, 0.15) is 84.6 Å². The number of rotatable bonds is 34. The molecule has 2 fully saturated rings. The Labute approximate surface area is 625 Å². The first-order chi connectivity index (χ1) is 49.6. The van der Waals surface area contributed by atoms with E-state index >= 15 is 9.59 Å². The SMILES string of the molecule is CC[C@H](C)[C@@H](NC(=O)[C@H](CCCN)NC(=O)[C@H]1CCCN1C(=O)[C@H](NC(=O)[C@@H](NC(=O)[C@@H](NC(=O)[C@H](NC(=O)CCCC(C)C)C(C)C)[C@@H](C)O)C(C)C)C(C)C)C(=O)N[C@H]1C(=O)N[C@H]([C@@H](C)CC)C(=O)N[C@H](C(C)C)C(=O)N[C@@H](Cc2ccccc2)C(=O)N[C@H]([C@H](C)O)C(=O)N[C@@H](C(C)C)C(=O)O[C@@H]1C. The highest BCUT2D eigenvalue weighted by molar-refractivity contribution is 6.01. The maximum Gasteiger partial charge on any atom is 0.329 e. The van der Waals surface area contributed by atoms with Crippen LogP contribution in [0.2, 0.25) is 0 Å². The summed E-state index contributed by atoms with van der Waals surface area (Å²) in [6.07, 6.45) is -2.03. The molecule has 31 nitrogen and oxygen atoms in total. The molecule has 1 aromatic rings. The largest absolute Gasteiger partial charge is 0.458 e. The van der Waals surface area contributed by atoms with E-state index in [4.69, 9.17) is 10.5 Å². The highest BCUT2D eigenvalue weighted by Crippen LogP contribution is 2.23. The van der Waals surface area contributed by atoms with Crippen LogP contribution in [0.3, 0.4) is 0 Å². The van der Waals surface area contributed by atoms with E-state index in [1.807, 2.05) is 13.8 Å². The molecular weight excluding hydrogens is 1370 g/mol. The summed E-state index contributed by atoms with van der Waals surface area (Å²) in [5, 5.41) is 53.9. The summed E-state index contributed by atoms with van der Waals surface area (Å²) in [6.45, 7) is 31.3. The van der Waals surface area contributed by atoms with E-state index in [1.165, 1.54) is 25.7 Å². The molecule has 0 radical (unpaired) electrons. The summed E-state index contributed by atoms with van der Waals surface area (Å²) in [5.74, 6) is -15.7. The molecule has 16 N–H and O–H groups in total. The van der Waals surface area contributed by atoms with Crippen LogP contribution in [0.15, 0.2) is 30.3 Å². The number of aliphatic hydroxyl groups is 2. The molecule has 598 valence electrons. The number of carbonyl (C=O) groups excluding carboxylic acids is 14. The van der Waals surface area contributed by atoms with Gasteiger partial charge in [-0.25, -0.2) is 4.79 Å². The van der Waals surface area contributed by atoms with Crippen LogP contribution < -0.4 is 69.5 Å². The number of carbonyl (C=O) groups is 14. The zero-order chi connectivity index (χ0) is 80.3. The second kappa shape index (κ2) is 44.1. The maximum atomic E-state index is 15.1. The molecule has 0 spiro atoms. The zero-order valence-corrected chi connectivity index (χ0v) is 65.8. The van der Waals surface area contributed by atoms with Crippen molar-refractivity contribution in [2.24, 2.45) is 53.1 Å². The predicted molar refractivity (Wildman–Crippen MR) is 397 cm³/mol. The van der Waals surface area contributed by atoms with E-state index in [2.05, 4.69) is 63.8 Å². The number of likely N-dealkylation sites (tertiary alicyclic amines) is 1. The van der Waals surface area contributed by atoms with Gasteiger partial charge in [0.2, 0.25) is 76.8 Å². The van der Waals surface area contributed by atoms with E-state index in [9.17, 15) is 67.7 Å². The Morgan fingerprint density at radius 1 is 0.557 bits per heavy atom. The van der Waals surface area contributed by atoms with Crippen molar-refractivity contribution in [2.75, 3.05) is 13.1 Å². The molecule has 31 heteroatoms. The van der Waals surface area contributed by atoms with Crippen molar-refractivity contribution in [1.82, 2.24) is 68.7 Å². The van der Waals surface area contributed by atoms with Gasteiger partial charge in [-0.15, -0.1) is 0 Å². The molecule has 0 bridgehead atoms. The molecule has 0 unspecified atom stereocenters. The summed E-state index contributed by atoms with van der Waals surface area (Å²) in [6, 6.07) is -9.84. The number of hydrogen-bond donors (Lipinski definition) is 15. The summed E-state index contributed by atoms with van der Waals surface area (Å²) in [5.41, 5.74) is 6.57. The van der Waals surface area contributed by atoms with Crippen LogP contribution in [0, 0.1) is 47.3 Å². The molecule has 13 amide bonds. The van der Waals surface area contributed by atoms with Crippen LogP contribution in [0.1, 0.15) is 195 Å². The quantitative estimate of drug-likeness (QED) is 0.0422. The van der Waals surface area contributed by atoms with Gasteiger partial charge in [0.05, 0.1) is 12.2 Å². The van der Waals surface area contributed by atoms with E-state index in [-0.39, 0.29) is 63.9 Å². The van der Waals surface area contributed by atoms with Gasteiger partial charge < -0.3 is 89.4 Å². The lowest BCUT2D eigenvalue weighted by atomic mass is 9.95. The first-order valence-electron chi connectivity index (χ1n) is 37.9. The van der Waals surface area contributed by atoms with Crippen molar-refractivity contribution < 1.29 is 82.1 Å². The molecule has 0 aliphatic carbocycles. The maximum absolute atomic E-state index is 15.1. The van der Waals surface area contributed by atoms with Crippen LogP contribution in [0.5, 0.6) is 0 Å². The Bertz CT molecular complexity index is 3130. The first-order valence-corrected chi connectivity index (χ1v) is 37.9. The lowest BCUT2D eigenvalue weighted by Crippen LogP contribution is -2.64. The molecule has 2 heterocycles. The van der Waals surface area contributed by atoms with Crippen LogP contribution in [0.4, 0.5) is 0 Å². The van der Waals surface area contributed by atoms with E-state index in [0.29, 0.717) is 24.3 Å². The third-order valence-electron chi connectivity index (χ3n) is 19.5. The van der Waals surface area contributed by atoms with Gasteiger partial charge in [0.25, 0.3) is 0 Å². The van der Waals surface area contributed by atoms with Gasteiger partial charge in [-0.1, -0.05) is 160 Å². The number of esters is 1. The van der Waals surface area contributed by atoms with Gasteiger partial charge in [-0.2, -0.15) is 0 Å². The highest BCUT2D eigenvalue weighted by atomic mass is 16.5. The van der Waals surface area contributed by atoms with Crippen molar-refractivity contribution in [3.05, 3.63) is 35.9 Å². The van der Waals surface area contributed by atoms with Gasteiger partial charge >= 0.3 is 5.97 Å². The number of nitrogens with two attached hydrogens (primary N) is 1. The summed E-state index contributed by atoms with van der Waals surface area (Å²) < 4.78 is 5.95. The molecular formula is C75H126N14O17. The van der Waals surface area contributed by atoms with Crippen LogP contribution >= 0.6 is 0 Å². The third kappa shape index (κ3) is 27.8. The molecule has 2 aliphatic rings. The Balaban J connectivity index is 2.01. The van der Waals surface area contributed by atoms with Crippen molar-refractivity contribution in [2.45, 2.75) is 293 Å². The lowest BCUT2D eigenvalue weighted by molar-refractivity contribution is -0.157. The molecule has 2 aliphatic heterocycles. The van der Waals surface area contributed by atoms with E-state index < -0.39 is 215 Å². The predicted octanol–water partition coefficient (Wildman–Crippen LogP) is 0.682. The number of hydrogen-bond acceptors (Lipinski definition) is 18. The van der Waals surface area contributed by atoms with Gasteiger partial charge in [0, 0.05) is 19.4 Å². The van der Waals surface area contributed by atoms with E-state index in [0.717, 1.165) is 6.42 Å². The van der Waals surface area contributed by atoms with Crippen LogP contribution in [0.25, 0.3) is 0 Å². The number of aliphatic hydroxyl groups excluding tert-OH is 2. The van der Waals surface area contributed by atoms with Crippen molar-refractivity contribution in [3.63, 3.8) is 0 Å². The first kappa shape index (κ1) is 91.9. The number of nitrogens with one attached hydrogen (secondary N) is 12. The molecule has 3 rings (SSSR count).